The van der Waals surface area contributed by atoms with Gasteiger partial charge in [0.05, 0.1) is 22.6 Å². The quantitative estimate of drug-likeness (QED) is 0.734. The molecule has 1 aliphatic heterocycles. The molecule has 22 heavy (non-hydrogen) atoms. The van der Waals surface area contributed by atoms with Crippen molar-refractivity contribution in [2.24, 2.45) is 0 Å². The Morgan fingerprint density at radius 1 is 1.45 bits per heavy atom. The van der Waals surface area contributed by atoms with Crippen molar-refractivity contribution in [3.63, 3.8) is 0 Å². The highest BCUT2D eigenvalue weighted by molar-refractivity contribution is 7.89. The van der Waals surface area contributed by atoms with E-state index < -0.39 is 10.0 Å². The molecule has 1 N–H and O–H groups in total. The van der Waals surface area contributed by atoms with Gasteiger partial charge < -0.3 is 9.47 Å². The van der Waals surface area contributed by atoms with Crippen LogP contribution in [0.3, 0.4) is 0 Å². The van der Waals surface area contributed by atoms with Crippen molar-refractivity contribution < 1.29 is 17.9 Å². The maximum atomic E-state index is 12.3. The van der Waals surface area contributed by atoms with Crippen LogP contribution in [-0.4, -0.2) is 34.3 Å². The normalized spacial score (nSPS) is 18.5. The zero-order chi connectivity index (χ0) is 16.0. The minimum atomic E-state index is -3.59. The van der Waals surface area contributed by atoms with Crippen LogP contribution in [-0.2, 0) is 14.8 Å². The molecular weight excluding hydrogens is 326 g/mol. The molecule has 2 rings (SSSR count). The Balaban J connectivity index is 2.03. The molecule has 0 aliphatic carbocycles. The molecule has 124 valence electrons. The van der Waals surface area contributed by atoms with E-state index in [-0.39, 0.29) is 17.5 Å². The molecule has 0 amide bonds. The first-order valence-corrected chi connectivity index (χ1v) is 9.42. The highest BCUT2D eigenvalue weighted by Crippen LogP contribution is 2.27. The predicted molar refractivity (Wildman–Crippen MR) is 86.0 cm³/mol. The molecule has 7 heteroatoms. The summed E-state index contributed by atoms with van der Waals surface area (Å²) in [5.74, 6) is 0.398. The number of unbranched alkanes of at least 4 members (excludes halogenated alkanes) is 1. The maximum Gasteiger partial charge on any atom is 0.240 e. The van der Waals surface area contributed by atoms with Gasteiger partial charge in [0, 0.05) is 19.2 Å². The molecule has 1 saturated heterocycles. The number of nitrogens with one attached hydrogen (secondary N) is 1. The molecule has 1 aliphatic rings. The van der Waals surface area contributed by atoms with Crippen molar-refractivity contribution in [1.29, 1.82) is 0 Å². The van der Waals surface area contributed by atoms with E-state index in [1.54, 1.807) is 6.07 Å². The average molecular weight is 348 g/mol. The monoisotopic (exact) mass is 347 g/mol. The number of ether oxygens (including phenoxy) is 2. The molecule has 0 spiro atoms. The topological polar surface area (TPSA) is 64.6 Å². The van der Waals surface area contributed by atoms with Crippen molar-refractivity contribution in [2.45, 2.75) is 43.6 Å². The molecule has 0 bridgehead atoms. The molecule has 0 saturated carbocycles. The second-order valence-electron chi connectivity index (χ2n) is 5.28. The predicted octanol–water partition coefficient (Wildman–Crippen LogP) is 2.98. The van der Waals surface area contributed by atoms with Crippen molar-refractivity contribution in [1.82, 2.24) is 4.72 Å². The summed E-state index contributed by atoms with van der Waals surface area (Å²) < 4.78 is 38.2. The van der Waals surface area contributed by atoms with Gasteiger partial charge in [-0.05, 0) is 31.4 Å². The molecule has 0 aromatic heterocycles. The van der Waals surface area contributed by atoms with E-state index in [0.29, 0.717) is 24.0 Å². The van der Waals surface area contributed by atoms with Gasteiger partial charge in [0.15, 0.2) is 0 Å². The standard InChI is InChI=1S/C15H22ClNO4S/c1-2-3-8-21-15-10-13(6-7-14(15)16)22(18,19)17-11-12-5-4-9-20-12/h6-7,10,12,17H,2-5,8-9,11H2,1H3. The van der Waals surface area contributed by atoms with Crippen LogP contribution in [0.1, 0.15) is 32.6 Å². The van der Waals surface area contributed by atoms with Gasteiger partial charge in [0.2, 0.25) is 10.0 Å². The Hall–Kier alpha value is -0.820. The molecule has 0 radical (unpaired) electrons. The lowest BCUT2D eigenvalue weighted by atomic mass is 10.2. The molecule has 5 nitrogen and oxygen atoms in total. The number of hydrogen-bond donors (Lipinski definition) is 1. The van der Waals surface area contributed by atoms with Crippen LogP contribution >= 0.6 is 11.6 Å². The maximum absolute atomic E-state index is 12.3. The summed E-state index contributed by atoms with van der Waals surface area (Å²) >= 11 is 6.05. The summed E-state index contributed by atoms with van der Waals surface area (Å²) in [5.41, 5.74) is 0. The first-order chi connectivity index (χ1) is 10.5. The average Bonchev–Trinajstić information content (AvgIpc) is 3.01. The third-order valence-corrected chi connectivity index (χ3v) is 5.23. The summed E-state index contributed by atoms with van der Waals surface area (Å²) in [6, 6.07) is 4.49. The van der Waals surface area contributed by atoms with Crippen LogP contribution in [0.2, 0.25) is 5.02 Å². The third kappa shape index (κ3) is 4.84. The Morgan fingerprint density at radius 3 is 2.95 bits per heavy atom. The summed E-state index contributed by atoms with van der Waals surface area (Å²) in [6.07, 6.45) is 3.71. The lowest BCUT2D eigenvalue weighted by molar-refractivity contribution is 0.114. The Morgan fingerprint density at radius 2 is 2.27 bits per heavy atom. The first kappa shape index (κ1) is 17.5. The van der Waals surface area contributed by atoms with Crippen LogP contribution in [0, 0.1) is 0 Å². The van der Waals surface area contributed by atoms with Crippen LogP contribution in [0.25, 0.3) is 0 Å². The second-order valence-corrected chi connectivity index (χ2v) is 7.46. The summed E-state index contributed by atoms with van der Waals surface area (Å²) in [4.78, 5) is 0.154. The Bertz CT molecular complexity index is 585. The summed E-state index contributed by atoms with van der Waals surface area (Å²) in [5, 5.41) is 0.411. The molecule has 1 heterocycles. The van der Waals surface area contributed by atoms with Gasteiger partial charge in [-0.25, -0.2) is 13.1 Å². The third-order valence-electron chi connectivity index (χ3n) is 3.49. The van der Waals surface area contributed by atoms with Crippen molar-refractivity contribution in [3.05, 3.63) is 23.2 Å². The van der Waals surface area contributed by atoms with Gasteiger partial charge in [-0.3, -0.25) is 0 Å². The van der Waals surface area contributed by atoms with E-state index in [1.165, 1.54) is 12.1 Å². The van der Waals surface area contributed by atoms with E-state index >= 15 is 0 Å². The number of halogens is 1. The van der Waals surface area contributed by atoms with Crippen molar-refractivity contribution in [3.8, 4) is 5.75 Å². The molecule has 1 aromatic rings. The van der Waals surface area contributed by atoms with Gasteiger partial charge >= 0.3 is 0 Å². The highest BCUT2D eigenvalue weighted by Gasteiger charge is 2.21. The molecular formula is C15H22ClNO4S. The zero-order valence-corrected chi connectivity index (χ0v) is 14.3. The van der Waals surface area contributed by atoms with Gasteiger partial charge in [0.1, 0.15) is 5.75 Å². The van der Waals surface area contributed by atoms with E-state index in [9.17, 15) is 8.42 Å². The lowest BCUT2D eigenvalue weighted by Gasteiger charge is -2.13. The van der Waals surface area contributed by atoms with E-state index in [0.717, 1.165) is 25.7 Å². The van der Waals surface area contributed by atoms with E-state index in [4.69, 9.17) is 21.1 Å². The fourth-order valence-corrected chi connectivity index (χ4v) is 3.43. The number of rotatable bonds is 8. The zero-order valence-electron chi connectivity index (χ0n) is 12.7. The number of sulfonamides is 1. The van der Waals surface area contributed by atoms with E-state index in [1.807, 2.05) is 0 Å². The minimum Gasteiger partial charge on any atom is -0.492 e. The van der Waals surface area contributed by atoms with Crippen LogP contribution in [0.15, 0.2) is 23.1 Å². The number of hydrogen-bond acceptors (Lipinski definition) is 4. The molecule has 1 aromatic carbocycles. The molecule has 1 unspecified atom stereocenters. The largest absolute Gasteiger partial charge is 0.492 e. The van der Waals surface area contributed by atoms with Crippen molar-refractivity contribution >= 4 is 21.6 Å². The smallest absolute Gasteiger partial charge is 0.240 e. The molecule has 1 fully saturated rings. The van der Waals surface area contributed by atoms with Crippen molar-refractivity contribution in [2.75, 3.05) is 19.8 Å². The van der Waals surface area contributed by atoms with Gasteiger partial charge in [-0.1, -0.05) is 24.9 Å². The van der Waals surface area contributed by atoms with Crippen LogP contribution in [0.4, 0.5) is 0 Å². The Kier molecular flexibility index (Phi) is 6.50. The van der Waals surface area contributed by atoms with Gasteiger partial charge in [0.25, 0.3) is 0 Å². The SMILES string of the molecule is CCCCOc1cc(S(=O)(=O)NCC2CCCO2)ccc1Cl. The van der Waals surface area contributed by atoms with Gasteiger partial charge in [-0.15, -0.1) is 0 Å². The number of benzene rings is 1. The second kappa shape index (κ2) is 8.15. The molecule has 1 atom stereocenters. The summed E-state index contributed by atoms with van der Waals surface area (Å²) in [7, 11) is -3.59. The minimum absolute atomic E-state index is 0.0395. The van der Waals surface area contributed by atoms with Gasteiger partial charge in [-0.2, -0.15) is 0 Å². The Labute approximate surface area is 137 Å². The fourth-order valence-electron chi connectivity index (χ4n) is 2.18. The first-order valence-electron chi connectivity index (χ1n) is 7.56. The lowest BCUT2D eigenvalue weighted by Crippen LogP contribution is -2.31. The fraction of sp³-hybridized carbons (Fsp3) is 0.600. The van der Waals surface area contributed by atoms with E-state index in [2.05, 4.69) is 11.6 Å². The van der Waals surface area contributed by atoms with Crippen LogP contribution in [0.5, 0.6) is 5.75 Å². The highest BCUT2D eigenvalue weighted by atomic mass is 35.5. The summed E-state index contributed by atoms with van der Waals surface area (Å²) in [6.45, 7) is 3.56. The van der Waals surface area contributed by atoms with Crippen LogP contribution < -0.4 is 9.46 Å².